The third kappa shape index (κ3) is 2.16. The van der Waals surface area contributed by atoms with E-state index < -0.39 is 6.43 Å². The molecule has 0 radical (unpaired) electrons. The van der Waals surface area contributed by atoms with Gasteiger partial charge in [0, 0.05) is 11.5 Å². The number of aldehydes is 1. The zero-order valence-corrected chi connectivity index (χ0v) is 8.13. The lowest BCUT2D eigenvalue weighted by Gasteiger charge is -2.09. The van der Waals surface area contributed by atoms with Crippen LogP contribution in [0.2, 0.25) is 0 Å². The van der Waals surface area contributed by atoms with Crippen LogP contribution in [0.4, 0.5) is 8.78 Å². The summed E-state index contributed by atoms with van der Waals surface area (Å²) in [5, 5.41) is 0. The van der Waals surface area contributed by atoms with Crippen LogP contribution in [-0.4, -0.2) is 6.29 Å². The van der Waals surface area contributed by atoms with E-state index >= 15 is 0 Å². The first-order valence-electron chi connectivity index (χ1n) is 4.40. The van der Waals surface area contributed by atoms with E-state index in [9.17, 15) is 13.6 Å². The van der Waals surface area contributed by atoms with Crippen molar-refractivity contribution in [2.24, 2.45) is 0 Å². The molecule has 0 saturated carbocycles. The summed E-state index contributed by atoms with van der Waals surface area (Å²) in [5.41, 5.74) is 1.35. The first-order valence-corrected chi connectivity index (χ1v) is 4.40. The Balaban J connectivity index is 3.06. The predicted octanol–water partition coefficient (Wildman–Crippen LogP) is 3.24. The third-order valence-corrected chi connectivity index (χ3v) is 2.26. The van der Waals surface area contributed by atoms with Crippen molar-refractivity contribution in [2.45, 2.75) is 26.2 Å². The maximum atomic E-state index is 12.4. The minimum atomic E-state index is -2.45. The molecule has 1 atom stereocenters. The van der Waals surface area contributed by atoms with Crippen LogP contribution in [0.25, 0.3) is 0 Å². The minimum absolute atomic E-state index is 0.0341. The fourth-order valence-corrected chi connectivity index (χ4v) is 1.31. The van der Waals surface area contributed by atoms with Crippen LogP contribution in [-0.2, 0) is 4.79 Å². The summed E-state index contributed by atoms with van der Waals surface area (Å²) in [7, 11) is 0. The first kappa shape index (κ1) is 10.8. The van der Waals surface area contributed by atoms with Crippen molar-refractivity contribution < 1.29 is 13.6 Å². The molecule has 0 aliphatic rings. The number of carbonyl (C=O) groups excluding carboxylic acids is 1. The van der Waals surface area contributed by atoms with Crippen molar-refractivity contribution in [2.75, 3.05) is 0 Å². The van der Waals surface area contributed by atoms with E-state index in [1.807, 2.05) is 0 Å². The highest BCUT2D eigenvalue weighted by molar-refractivity contribution is 5.61. The summed E-state index contributed by atoms with van der Waals surface area (Å²) >= 11 is 0. The average Bonchev–Trinajstić information content (AvgIpc) is 2.15. The predicted molar refractivity (Wildman–Crippen MR) is 50.6 cm³/mol. The van der Waals surface area contributed by atoms with Gasteiger partial charge < -0.3 is 4.79 Å². The maximum absolute atomic E-state index is 12.4. The number of hydrogen-bond donors (Lipinski definition) is 0. The van der Waals surface area contributed by atoms with Gasteiger partial charge in [-0.3, -0.25) is 0 Å². The van der Waals surface area contributed by atoms with E-state index in [2.05, 4.69) is 0 Å². The van der Waals surface area contributed by atoms with Crippen LogP contribution in [0, 0.1) is 6.92 Å². The molecule has 0 amide bonds. The third-order valence-electron chi connectivity index (χ3n) is 2.26. The molecule has 0 spiro atoms. The molecule has 0 N–H and O–H groups in total. The highest BCUT2D eigenvalue weighted by Crippen LogP contribution is 2.25. The number of benzene rings is 1. The zero-order valence-electron chi connectivity index (χ0n) is 8.13. The second-order valence-electron chi connectivity index (χ2n) is 3.34. The highest BCUT2D eigenvalue weighted by Gasteiger charge is 2.12. The van der Waals surface area contributed by atoms with Gasteiger partial charge in [0.2, 0.25) is 0 Å². The molecule has 3 heteroatoms. The first-order chi connectivity index (χ1) is 6.56. The Morgan fingerprint density at radius 1 is 1.36 bits per heavy atom. The molecule has 0 aliphatic carbocycles. The van der Waals surface area contributed by atoms with Crippen molar-refractivity contribution in [3.05, 3.63) is 34.9 Å². The van der Waals surface area contributed by atoms with Gasteiger partial charge in [0.1, 0.15) is 6.29 Å². The SMILES string of the molecule is Cc1cc(C(C)C=O)ccc1C(F)F. The summed E-state index contributed by atoms with van der Waals surface area (Å²) in [5.74, 6) is -0.236. The standard InChI is InChI=1S/C11H12F2O/c1-7-5-9(8(2)6-14)3-4-10(7)11(12)13/h3-6,8,11H,1-2H3. The Morgan fingerprint density at radius 3 is 2.43 bits per heavy atom. The van der Waals surface area contributed by atoms with Gasteiger partial charge in [-0.15, -0.1) is 0 Å². The normalized spacial score (nSPS) is 12.9. The molecule has 1 aromatic rings. The van der Waals surface area contributed by atoms with Gasteiger partial charge >= 0.3 is 0 Å². The van der Waals surface area contributed by atoms with Crippen LogP contribution in [0.5, 0.6) is 0 Å². The minimum Gasteiger partial charge on any atom is -0.303 e. The lowest BCUT2D eigenvalue weighted by Crippen LogP contribution is -1.97. The van der Waals surface area contributed by atoms with Crippen LogP contribution in [0.15, 0.2) is 18.2 Å². The molecular weight excluding hydrogens is 186 g/mol. The van der Waals surface area contributed by atoms with Crippen molar-refractivity contribution in [3.8, 4) is 0 Å². The largest absolute Gasteiger partial charge is 0.303 e. The van der Waals surface area contributed by atoms with Crippen LogP contribution in [0.3, 0.4) is 0 Å². The van der Waals surface area contributed by atoms with E-state index in [4.69, 9.17) is 0 Å². The van der Waals surface area contributed by atoms with Crippen molar-refractivity contribution in [1.29, 1.82) is 0 Å². The lowest BCUT2D eigenvalue weighted by molar-refractivity contribution is -0.108. The summed E-state index contributed by atoms with van der Waals surface area (Å²) in [6, 6.07) is 4.60. The van der Waals surface area contributed by atoms with Crippen molar-refractivity contribution in [3.63, 3.8) is 0 Å². The topological polar surface area (TPSA) is 17.1 Å². The van der Waals surface area contributed by atoms with Crippen molar-refractivity contribution in [1.82, 2.24) is 0 Å². The molecule has 14 heavy (non-hydrogen) atoms. The molecule has 1 unspecified atom stereocenters. The van der Waals surface area contributed by atoms with Crippen LogP contribution < -0.4 is 0 Å². The average molecular weight is 198 g/mol. The Morgan fingerprint density at radius 2 is 2.00 bits per heavy atom. The van der Waals surface area contributed by atoms with Gasteiger partial charge in [-0.25, -0.2) is 8.78 Å². The fraction of sp³-hybridized carbons (Fsp3) is 0.364. The number of hydrogen-bond acceptors (Lipinski definition) is 1. The molecule has 0 bridgehead atoms. The Hall–Kier alpha value is -1.25. The van der Waals surface area contributed by atoms with Gasteiger partial charge in [-0.05, 0) is 18.1 Å². The molecule has 0 heterocycles. The number of alkyl halides is 2. The quantitative estimate of drug-likeness (QED) is 0.681. The Labute approximate surface area is 81.7 Å². The summed E-state index contributed by atoms with van der Waals surface area (Å²) in [6.07, 6.45) is -1.65. The fourth-order valence-electron chi connectivity index (χ4n) is 1.31. The molecule has 0 aliphatic heterocycles. The number of aryl methyl sites for hydroxylation is 1. The molecule has 0 fully saturated rings. The molecule has 76 valence electrons. The van der Waals surface area contributed by atoms with E-state index in [0.29, 0.717) is 5.56 Å². The van der Waals surface area contributed by atoms with Gasteiger partial charge in [-0.2, -0.15) is 0 Å². The lowest BCUT2D eigenvalue weighted by atomic mass is 9.98. The van der Waals surface area contributed by atoms with E-state index in [0.717, 1.165) is 11.8 Å². The molecule has 0 aromatic heterocycles. The molecule has 1 rings (SSSR count). The Bertz CT molecular complexity index is 334. The van der Waals surface area contributed by atoms with Gasteiger partial charge in [0.25, 0.3) is 6.43 Å². The molecular formula is C11H12F2O. The second kappa shape index (κ2) is 4.31. The van der Waals surface area contributed by atoms with Gasteiger partial charge in [0.05, 0.1) is 0 Å². The molecule has 1 aromatic carbocycles. The number of halogens is 2. The van der Waals surface area contributed by atoms with E-state index in [-0.39, 0.29) is 11.5 Å². The summed E-state index contributed by atoms with van der Waals surface area (Å²) in [6.45, 7) is 3.37. The van der Waals surface area contributed by atoms with E-state index in [1.165, 1.54) is 6.07 Å². The van der Waals surface area contributed by atoms with Gasteiger partial charge in [0.15, 0.2) is 0 Å². The van der Waals surface area contributed by atoms with Crippen molar-refractivity contribution >= 4 is 6.29 Å². The monoisotopic (exact) mass is 198 g/mol. The molecule has 1 nitrogen and oxygen atoms in total. The maximum Gasteiger partial charge on any atom is 0.264 e. The molecule has 0 saturated heterocycles. The van der Waals surface area contributed by atoms with Gasteiger partial charge in [-0.1, -0.05) is 25.1 Å². The Kier molecular flexibility index (Phi) is 3.33. The number of rotatable bonds is 3. The van der Waals surface area contributed by atoms with E-state index in [1.54, 1.807) is 26.0 Å². The summed E-state index contributed by atoms with van der Waals surface area (Å²) < 4.78 is 24.7. The number of carbonyl (C=O) groups is 1. The second-order valence-corrected chi connectivity index (χ2v) is 3.34. The smallest absolute Gasteiger partial charge is 0.264 e. The summed E-state index contributed by atoms with van der Waals surface area (Å²) in [4.78, 5) is 10.5. The highest BCUT2D eigenvalue weighted by atomic mass is 19.3. The van der Waals surface area contributed by atoms with Crippen LogP contribution >= 0.6 is 0 Å². The van der Waals surface area contributed by atoms with Crippen LogP contribution in [0.1, 0.15) is 36.0 Å². The zero-order chi connectivity index (χ0) is 10.7.